The molecule has 0 bridgehead atoms. The van der Waals surface area contributed by atoms with E-state index >= 15 is 0 Å². The van der Waals surface area contributed by atoms with E-state index in [4.69, 9.17) is 21.7 Å². The fraction of sp³-hybridized carbons (Fsp3) is 0.308. The average Bonchev–Trinajstić information content (AvgIpc) is 3.14. The van der Waals surface area contributed by atoms with Crippen molar-refractivity contribution in [3.63, 3.8) is 0 Å². The van der Waals surface area contributed by atoms with E-state index in [1.807, 2.05) is 24.3 Å². The second-order valence-electron chi connectivity index (χ2n) is 8.66. The minimum Gasteiger partial charge on any atom is -0.493 e. The maximum Gasteiger partial charge on any atom is 0.267 e. The van der Waals surface area contributed by atoms with Gasteiger partial charge in [-0.2, -0.15) is 0 Å². The summed E-state index contributed by atoms with van der Waals surface area (Å²) in [5, 5.41) is 3.27. The number of anilines is 1. The van der Waals surface area contributed by atoms with Crippen LogP contribution in [-0.4, -0.2) is 51.8 Å². The van der Waals surface area contributed by atoms with Crippen LogP contribution in [0.5, 0.6) is 11.5 Å². The Kier molecular flexibility index (Phi) is 7.95. The summed E-state index contributed by atoms with van der Waals surface area (Å²) < 4.78 is 12.6. The highest BCUT2D eigenvalue weighted by Gasteiger charge is 2.32. The van der Waals surface area contributed by atoms with Crippen LogP contribution in [0.1, 0.15) is 25.0 Å². The van der Waals surface area contributed by atoms with Gasteiger partial charge in [0.15, 0.2) is 11.5 Å². The molecule has 1 fully saturated rings. The van der Waals surface area contributed by atoms with Crippen LogP contribution in [0.4, 0.5) is 5.82 Å². The van der Waals surface area contributed by atoms with Crippen LogP contribution in [0.3, 0.4) is 0 Å². The molecule has 10 heteroatoms. The second kappa shape index (κ2) is 11.1. The molecule has 1 aliphatic heterocycles. The molecule has 188 valence electrons. The number of ether oxygens (including phenoxy) is 2. The lowest BCUT2D eigenvalue weighted by atomic mass is 10.1. The van der Waals surface area contributed by atoms with E-state index in [-0.39, 0.29) is 11.5 Å². The number of aromatic nitrogens is 2. The number of thiocarbonyl (C=S) groups is 1. The summed E-state index contributed by atoms with van der Waals surface area (Å²) >= 11 is 6.70. The van der Waals surface area contributed by atoms with Crippen LogP contribution in [0.2, 0.25) is 0 Å². The maximum atomic E-state index is 13.3. The van der Waals surface area contributed by atoms with Crippen molar-refractivity contribution in [2.24, 2.45) is 5.92 Å². The van der Waals surface area contributed by atoms with E-state index in [0.717, 1.165) is 5.56 Å². The fourth-order valence-electron chi connectivity index (χ4n) is 3.77. The fourth-order valence-corrected chi connectivity index (χ4v) is 5.06. The van der Waals surface area contributed by atoms with Gasteiger partial charge in [0, 0.05) is 19.3 Å². The number of fused-ring (bicyclic) bond motifs is 1. The molecule has 8 nitrogen and oxygen atoms in total. The smallest absolute Gasteiger partial charge is 0.267 e. The van der Waals surface area contributed by atoms with Gasteiger partial charge in [-0.05, 0) is 48.2 Å². The first kappa shape index (κ1) is 25.7. The van der Waals surface area contributed by atoms with Crippen molar-refractivity contribution >= 4 is 51.7 Å². The Balaban J connectivity index is 1.61. The third-order valence-electron chi connectivity index (χ3n) is 5.67. The lowest BCUT2D eigenvalue weighted by Gasteiger charge is -2.15. The van der Waals surface area contributed by atoms with Gasteiger partial charge in [0.1, 0.15) is 15.8 Å². The molecule has 1 amide bonds. The molecule has 0 aliphatic carbocycles. The lowest BCUT2D eigenvalue weighted by Crippen LogP contribution is -2.30. The number of amides is 1. The molecule has 2 aromatic heterocycles. The van der Waals surface area contributed by atoms with Crippen LogP contribution in [0.15, 0.2) is 52.3 Å². The molecule has 0 radical (unpaired) electrons. The summed E-state index contributed by atoms with van der Waals surface area (Å²) in [6, 6.07) is 11.0. The van der Waals surface area contributed by atoms with Gasteiger partial charge in [-0.1, -0.05) is 50.0 Å². The summed E-state index contributed by atoms with van der Waals surface area (Å²) in [5.41, 5.74) is 1.61. The Morgan fingerprint density at radius 2 is 1.92 bits per heavy atom. The molecule has 1 aliphatic rings. The molecule has 36 heavy (non-hydrogen) atoms. The highest BCUT2D eigenvalue weighted by molar-refractivity contribution is 8.26. The molecule has 1 saturated heterocycles. The molecule has 0 spiro atoms. The minimum absolute atomic E-state index is 0.224. The number of nitrogens with zero attached hydrogens (tertiary/aromatic N) is 3. The second-order valence-corrected chi connectivity index (χ2v) is 10.3. The van der Waals surface area contributed by atoms with Gasteiger partial charge in [-0.15, -0.1) is 0 Å². The van der Waals surface area contributed by atoms with Gasteiger partial charge in [-0.25, -0.2) is 4.98 Å². The number of rotatable bonds is 9. The number of pyridine rings is 1. The SMILES string of the molecule is COc1ccc(CCN2C(=O)C(=Cc3c(NCC(C)C)nc4ccccn4c3=O)SC2=S)cc1OC. The minimum atomic E-state index is -0.248. The topological polar surface area (TPSA) is 85.2 Å². The third kappa shape index (κ3) is 5.39. The van der Waals surface area contributed by atoms with E-state index in [1.54, 1.807) is 43.5 Å². The number of benzene rings is 1. The Labute approximate surface area is 219 Å². The van der Waals surface area contributed by atoms with Crippen molar-refractivity contribution in [1.29, 1.82) is 0 Å². The van der Waals surface area contributed by atoms with Crippen LogP contribution < -0.4 is 20.3 Å². The van der Waals surface area contributed by atoms with E-state index < -0.39 is 0 Å². The molecule has 0 atom stereocenters. The van der Waals surface area contributed by atoms with Gasteiger partial charge in [0.2, 0.25) is 0 Å². The highest BCUT2D eigenvalue weighted by atomic mass is 32.2. The predicted octanol–water partition coefficient (Wildman–Crippen LogP) is 4.22. The Hall–Kier alpha value is -3.37. The van der Waals surface area contributed by atoms with Gasteiger partial charge in [0.05, 0.1) is 24.7 Å². The number of hydrogen-bond donors (Lipinski definition) is 1. The summed E-state index contributed by atoms with van der Waals surface area (Å²) in [4.78, 5) is 33.2. The van der Waals surface area contributed by atoms with E-state index in [2.05, 4.69) is 24.1 Å². The van der Waals surface area contributed by atoms with E-state index in [0.29, 0.717) is 63.2 Å². The first-order chi connectivity index (χ1) is 17.3. The molecule has 0 unspecified atom stereocenters. The summed E-state index contributed by atoms with van der Waals surface area (Å²) in [5.74, 6) is 1.86. The Morgan fingerprint density at radius 1 is 1.14 bits per heavy atom. The van der Waals surface area contributed by atoms with Gasteiger partial charge in [-0.3, -0.25) is 18.9 Å². The number of carbonyl (C=O) groups excluding carboxylic acids is 1. The number of methoxy groups -OCH3 is 2. The van der Waals surface area contributed by atoms with E-state index in [9.17, 15) is 9.59 Å². The highest BCUT2D eigenvalue weighted by Crippen LogP contribution is 2.34. The van der Waals surface area contributed by atoms with Crippen molar-refractivity contribution in [1.82, 2.24) is 14.3 Å². The molecule has 3 aromatic rings. The Bertz CT molecular complexity index is 1400. The molecule has 0 saturated carbocycles. The zero-order valence-electron chi connectivity index (χ0n) is 20.6. The number of nitrogens with one attached hydrogen (secondary N) is 1. The zero-order chi connectivity index (χ0) is 25.8. The van der Waals surface area contributed by atoms with Crippen molar-refractivity contribution in [3.8, 4) is 11.5 Å². The summed E-state index contributed by atoms with van der Waals surface area (Å²) in [7, 11) is 3.17. The first-order valence-electron chi connectivity index (χ1n) is 11.5. The molecular weight excluding hydrogens is 496 g/mol. The number of hydrogen-bond acceptors (Lipinski definition) is 8. The maximum absolute atomic E-state index is 13.3. The van der Waals surface area contributed by atoms with Gasteiger partial charge in [0.25, 0.3) is 11.5 Å². The average molecular weight is 525 g/mol. The summed E-state index contributed by atoms with van der Waals surface area (Å²) in [6.45, 7) is 5.20. The molecule has 3 heterocycles. The van der Waals surface area contributed by atoms with Crippen molar-refractivity contribution in [2.45, 2.75) is 20.3 Å². The predicted molar refractivity (Wildman–Crippen MR) is 148 cm³/mol. The monoisotopic (exact) mass is 524 g/mol. The largest absolute Gasteiger partial charge is 0.493 e. The molecule has 1 N–H and O–H groups in total. The van der Waals surface area contributed by atoms with Gasteiger partial charge < -0.3 is 14.8 Å². The molecule has 1 aromatic carbocycles. The van der Waals surface area contributed by atoms with Crippen LogP contribution in [0.25, 0.3) is 11.7 Å². The molecule has 4 rings (SSSR count). The Morgan fingerprint density at radius 3 is 2.64 bits per heavy atom. The van der Waals surface area contributed by atoms with Crippen LogP contribution >= 0.6 is 24.0 Å². The first-order valence-corrected chi connectivity index (χ1v) is 12.8. The standard InChI is InChI=1S/C26H28N4O4S2/c1-16(2)15-27-23-18(24(31)29-11-6-5-7-22(29)28-23)14-21-25(32)30(26(35)36-21)12-10-17-8-9-19(33-3)20(13-17)34-4/h5-9,11,13-14,16,27H,10,12,15H2,1-4H3. The van der Waals surface area contributed by atoms with Crippen molar-refractivity contribution in [2.75, 3.05) is 32.6 Å². The third-order valence-corrected chi connectivity index (χ3v) is 7.05. The molecular formula is C26H28N4O4S2. The quantitative estimate of drug-likeness (QED) is 0.329. The lowest BCUT2D eigenvalue weighted by molar-refractivity contribution is -0.122. The van der Waals surface area contributed by atoms with Crippen LogP contribution in [-0.2, 0) is 11.2 Å². The number of carbonyl (C=O) groups is 1. The van der Waals surface area contributed by atoms with Gasteiger partial charge >= 0.3 is 0 Å². The van der Waals surface area contributed by atoms with Crippen LogP contribution in [0, 0.1) is 5.92 Å². The van der Waals surface area contributed by atoms with Crippen molar-refractivity contribution in [3.05, 3.63) is 69.0 Å². The zero-order valence-corrected chi connectivity index (χ0v) is 22.2. The van der Waals surface area contributed by atoms with Crippen molar-refractivity contribution < 1.29 is 14.3 Å². The summed E-state index contributed by atoms with van der Waals surface area (Å²) in [6.07, 6.45) is 3.86. The normalized spacial score (nSPS) is 14.8. The number of thioether (sulfide) groups is 1. The van der Waals surface area contributed by atoms with E-state index in [1.165, 1.54) is 16.2 Å².